The zero-order valence-electron chi connectivity index (χ0n) is 14.0. The van der Waals surface area contributed by atoms with E-state index in [0.717, 1.165) is 30.5 Å². The standard InChI is InChI=1S/C18H22N4O3/c19-14(23)10-17(7-8-17)12-2-4-13(5-3-12)21-11-18(15(20)24)6-1-9-22(18)16(21)25/h2-5H,1,6-11H2,(H2,19,23)(H2,20,24)/t18-/m1/s1. The van der Waals surface area contributed by atoms with Crippen LogP contribution < -0.4 is 16.4 Å². The summed E-state index contributed by atoms with van der Waals surface area (Å²) in [6.07, 6.45) is 3.68. The molecule has 4 rings (SSSR count). The largest absolute Gasteiger partial charge is 0.370 e. The number of nitrogens with two attached hydrogens (primary N) is 2. The quantitative estimate of drug-likeness (QED) is 0.828. The number of anilines is 1. The highest BCUT2D eigenvalue weighted by molar-refractivity contribution is 6.03. The van der Waals surface area contributed by atoms with Crippen LogP contribution in [0.3, 0.4) is 0 Å². The van der Waals surface area contributed by atoms with Crippen molar-refractivity contribution in [3.8, 4) is 0 Å². The molecule has 1 aliphatic carbocycles. The predicted molar refractivity (Wildman–Crippen MR) is 91.8 cm³/mol. The summed E-state index contributed by atoms with van der Waals surface area (Å²) in [5, 5.41) is 0. The van der Waals surface area contributed by atoms with Crippen molar-refractivity contribution in [1.29, 1.82) is 0 Å². The molecule has 0 unspecified atom stereocenters. The second kappa shape index (κ2) is 5.21. The number of urea groups is 1. The van der Waals surface area contributed by atoms with E-state index in [0.29, 0.717) is 25.9 Å². The maximum absolute atomic E-state index is 12.7. The van der Waals surface area contributed by atoms with Crippen LogP contribution >= 0.6 is 0 Å². The van der Waals surface area contributed by atoms with Gasteiger partial charge in [0.2, 0.25) is 11.8 Å². The molecule has 3 fully saturated rings. The highest BCUT2D eigenvalue weighted by Gasteiger charge is 2.56. The van der Waals surface area contributed by atoms with Gasteiger partial charge in [0, 0.05) is 24.1 Å². The number of carbonyl (C=O) groups is 3. The maximum Gasteiger partial charge on any atom is 0.325 e. The van der Waals surface area contributed by atoms with E-state index in [1.165, 1.54) is 0 Å². The van der Waals surface area contributed by atoms with E-state index in [4.69, 9.17) is 11.5 Å². The van der Waals surface area contributed by atoms with Gasteiger partial charge in [-0.05, 0) is 43.4 Å². The van der Waals surface area contributed by atoms with Crippen molar-refractivity contribution in [3.05, 3.63) is 29.8 Å². The minimum absolute atomic E-state index is 0.131. The molecule has 1 aromatic carbocycles. The molecule has 2 aliphatic heterocycles. The van der Waals surface area contributed by atoms with Crippen LogP contribution in [0, 0.1) is 0 Å². The number of nitrogens with zero attached hydrogens (tertiary/aromatic N) is 2. The Balaban J connectivity index is 1.58. The lowest BCUT2D eigenvalue weighted by Gasteiger charge is -2.25. The van der Waals surface area contributed by atoms with Crippen LogP contribution in [0.5, 0.6) is 0 Å². The van der Waals surface area contributed by atoms with Crippen LogP contribution in [0.25, 0.3) is 0 Å². The van der Waals surface area contributed by atoms with E-state index in [9.17, 15) is 14.4 Å². The highest BCUT2D eigenvalue weighted by Crippen LogP contribution is 2.51. The summed E-state index contributed by atoms with van der Waals surface area (Å²) >= 11 is 0. The SMILES string of the molecule is NC(=O)CC1(c2ccc(N3C[C@@]4(C(N)=O)CCCN4C3=O)cc2)CC1. The molecule has 1 aromatic rings. The van der Waals surface area contributed by atoms with Gasteiger partial charge in [0.05, 0.1) is 6.54 Å². The smallest absolute Gasteiger partial charge is 0.325 e. The van der Waals surface area contributed by atoms with Gasteiger partial charge in [-0.1, -0.05) is 12.1 Å². The predicted octanol–water partition coefficient (Wildman–Crippen LogP) is 0.853. The lowest BCUT2D eigenvalue weighted by Crippen LogP contribution is -2.52. The van der Waals surface area contributed by atoms with Crippen LogP contribution in [0.2, 0.25) is 0 Å². The summed E-state index contributed by atoms with van der Waals surface area (Å²) in [6.45, 7) is 0.866. The molecule has 25 heavy (non-hydrogen) atoms. The zero-order valence-corrected chi connectivity index (χ0v) is 14.0. The topological polar surface area (TPSA) is 110 Å². The van der Waals surface area contributed by atoms with Gasteiger partial charge in [0.1, 0.15) is 5.54 Å². The minimum atomic E-state index is -0.876. The Bertz CT molecular complexity index is 756. The molecule has 4 N–H and O–H groups in total. The van der Waals surface area contributed by atoms with Crippen LogP contribution in [0.4, 0.5) is 10.5 Å². The van der Waals surface area contributed by atoms with Crippen LogP contribution in [-0.2, 0) is 15.0 Å². The lowest BCUT2D eigenvalue weighted by atomic mass is 9.92. The number of hydrogen-bond donors (Lipinski definition) is 2. The van der Waals surface area contributed by atoms with Gasteiger partial charge in [-0.2, -0.15) is 0 Å². The normalized spacial score (nSPS) is 26.6. The molecule has 0 spiro atoms. The minimum Gasteiger partial charge on any atom is -0.370 e. The summed E-state index contributed by atoms with van der Waals surface area (Å²) in [6, 6.07) is 7.51. The first kappa shape index (κ1) is 15.9. The molecule has 132 valence electrons. The average Bonchev–Trinajstić information content (AvgIpc) is 3.11. The Morgan fingerprint density at radius 1 is 1.08 bits per heavy atom. The van der Waals surface area contributed by atoms with Gasteiger partial charge < -0.3 is 16.4 Å². The van der Waals surface area contributed by atoms with Crippen molar-refractivity contribution in [2.45, 2.75) is 43.1 Å². The lowest BCUT2D eigenvalue weighted by molar-refractivity contribution is -0.125. The van der Waals surface area contributed by atoms with E-state index in [1.807, 2.05) is 24.3 Å². The Kier molecular flexibility index (Phi) is 3.32. The van der Waals surface area contributed by atoms with Gasteiger partial charge in [-0.3, -0.25) is 14.5 Å². The first-order valence-electron chi connectivity index (χ1n) is 8.66. The van der Waals surface area contributed by atoms with Crippen LogP contribution in [0.15, 0.2) is 24.3 Å². The van der Waals surface area contributed by atoms with Crippen molar-refractivity contribution >= 4 is 23.5 Å². The number of hydrogen-bond acceptors (Lipinski definition) is 3. The fourth-order valence-electron chi connectivity index (χ4n) is 4.38. The third-order valence-corrected chi connectivity index (χ3v) is 5.99. The van der Waals surface area contributed by atoms with Gasteiger partial charge in [-0.15, -0.1) is 0 Å². The summed E-state index contributed by atoms with van der Waals surface area (Å²) in [7, 11) is 0. The fourth-order valence-corrected chi connectivity index (χ4v) is 4.38. The summed E-state index contributed by atoms with van der Waals surface area (Å²) in [4.78, 5) is 39.2. The third-order valence-electron chi connectivity index (χ3n) is 5.99. The molecular weight excluding hydrogens is 320 g/mol. The van der Waals surface area contributed by atoms with Gasteiger partial charge in [0.15, 0.2) is 0 Å². The number of amides is 4. The van der Waals surface area contributed by atoms with Crippen molar-refractivity contribution in [2.24, 2.45) is 11.5 Å². The molecule has 2 saturated heterocycles. The maximum atomic E-state index is 12.7. The Labute approximate surface area is 145 Å². The number of benzene rings is 1. The Hall–Kier alpha value is -2.57. The monoisotopic (exact) mass is 342 g/mol. The fraction of sp³-hybridized carbons (Fsp3) is 0.500. The third kappa shape index (κ3) is 2.29. The molecule has 4 amide bonds. The second-order valence-corrected chi connectivity index (χ2v) is 7.49. The van der Waals surface area contributed by atoms with E-state index >= 15 is 0 Å². The summed E-state index contributed by atoms with van der Waals surface area (Å²) in [5.41, 5.74) is 11.8. The van der Waals surface area contributed by atoms with Crippen molar-refractivity contribution in [1.82, 2.24) is 4.90 Å². The molecule has 2 heterocycles. The first-order valence-corrected chi connectivity index (χ1v) is 8.66. The van der Waals surface area contributed by atoms with E-state index in [-0.39, 0.29) is 17.4 Å². The summed E-state index contributed by atoms with van der Waals surface area (Å²) < 4.78 is 0. The van der Waals surface area contributed by atoms with Gasteiger partial charge >= 0.3 is 6.03 Å². The molecule has 0 aromatic heterocycles. The molecular formula is C18H22N4O3. The van der Waals surface area contributed by atoms with Gasteiger partial charge in [0.25, 0.3) is 0 Å². The Morgan fingerprint density at radius 2 is 1.76 bits per heavy atom. The number of rotatable bonds is 5. The molecule has 1 atom stereocenters. The first-order chi connectivity index (χ1) is 11.9. The molecule has 7 heteroatoms. The second-order valence-electron chi connectivity index (χ2n) is 7.49. The van der Waals surface area contributed by atoms with E-state index < -0.39 is 11.4 Å². The van der Waals surface area contributed by atoms with Crippen molar-refractivity contribution < 1.29 is 14.4 Å². The van der Waals surface area contributed by atoms with E-state index in [2.05, 4.69) is 0 Å². The highest BCUT2D eigenvalue weighted by atomic mass is 16.2. The number of fused-ring (bicyclic) bond motifs is 1. The molecule has 0 radical (unpaired) electrons. The molecule has 7 nitrogen and oxygen atoms in total. The average molecular weight is 342 g/mol. The van der Waals surface area contributed by atoms with E-state index in [1.54, 1.807) is 9.80 Å². The summed E-state index contributed by atoms with van der Waals surface area (Å²) in [5.74, 6) is -0.726. The van der Waals surface area contributed by atoms with Crippen molar-refractivity contribution in [2.75, 3.05) is 18.0 Å². The Morgan fingerprint density at radius 3 is 2.28 bits per heavy atom. The van der Waals surface area contributed by atoms with Crippen LogP contribution in [0.1, 0.15) is 37.7 Å². The number of carbonyl (C=O) groups excluding carboxylic acids is 3. The van der Waals surface area contributed by atoms with Crippen molar-refractivity contribution in [3.63, 3.8) is 0 Å². The molecule has 1 saturated carbocycles. The number of primary amides is 2. The zero-order chi connectivity index (χ0) is 17.8. The van der Waals surface area contributed by atoms with Crippen LogP contribution in [-0.4, -0.2) is 41.4 Å². The molecule has 0 bridgehead atoms. The van der Waals surface area contributed by atoms with Gasteiger partial charge in [-0.25, -0.2) is 4.79 Å². The molecule has 3 aliphatic rings.